The van der Waals surface area contributed by atoms with Gasteiger partial charge < -0.3 is 25.2 Å². The number of hydrogen-bond acceptors (Lipinski definition) is 8. The summed E-state index contributed by atoms with van der Waals surface area (Å²) in [4.78, 5) is 1.91. The lowest BCUT2D eigenvalue weighted by Gasteiger charge is -2.27. The van der Waals surface area contributed by atoms with E-state index >= 15 is 0 Å². The molecular weight excluding hydrogens is 268 g/mol. The van der Waals surface area contributed by atoms with E-state index in [9.17, 15) is 10.2 Å². The lowest BCUT2D eigenvalue weighted by Crippen LogP contribution is -2.47. The van der Waals surface area contributed by atoms with Gasteiger partial charge in [0.15, 0.2) is 0 Å². The molecular formula is C11H22N4O3S. The number of rotatable bonds is 9. The van der Waals surface area contributed by atoms with E-state index in [1.165, 1.54) is 6.20 Å². The molecule has 0 saturated carbocycles. The smallest absolute Gasteiger partial charge is 0.245 e. The zero-order chi connectivity index (χ0) is 14.3. The largest absolute Gasteiger partial charge is 0.473 e. The molecule has 110 valence electrons. The van der Waals surface area contributed by atoms with Crippen LogP contribution in [-0.2, 0) is 0 Å². The molecule has 0 bridgehead atoms. The highest BCUT2D eigenvalue weighted by atomic mass is 32.1. The second-order valence-electron chi connectivity index (χ2n) is 5.08. The van der Waals surface area contributed by atoms with E-state index in [1.807, 2.05) is 19.0 Å². The van der Waals surface area contributed by atoms with Gasteiger partial charge in [-0.3, -0.25) is 0 Å². The fraction of sp³-hybridized carbons (Fsp3) is 0.818. The Labute approximate surface area is 117 Å². The second kappa shape index (κ2) is 7.71. The maximum Gasteiger partial charge on any atom is 0.245 e. The number of ether oxygens (including phenoxy) is 1. The van der Waals surface area contributed by atoms with Crippen LogP contribution in [0, 0.1) is 0 Å². The number of hydrogen-bond donors (Lipinski definition) is 3. The summed E-state index contributed by atoms with van der Waals surface area (Å²) in [6.45, 7) is 3.21. The molecule has 7 nitrogen and oxygen atoms in total. The topological polar surface area (TPSA) is 90.7 Å². The van der Waals surface area contributed by atoms with Crippen LogP contribution in [0.1, 0.15) is 6.92 Å². The van der Waals surface area contributed by atoms with E-state index in [4.69, 9.17) is 4.74 Å². The van der Waals surface area contributed by atoms with Gasteiger partial charge in [0.2, 0.25) is 5.88 Å². The summed E-state index contributed by atoms with van der Waals surface area (Å²) in [6.07, 6.45) is 0.851. The van der Waals surface area contributed by atoms with E-state index in [2.05, 4.69) is 14.1 Å². The van der Waals surface area contributed by atoms with Gasteiger partial charge in [-0.15, -0.1) is 4.37 Å². The van der Waals surface area contributed by atoms with Crippen molar-refractivity contribution in [1.82, 2.24) is 19.0 Å². The maximum atomic E-state index is 10.0. The summed E-state index contributed by atoms with van der Waals surface area (Å²) in [5.41, 5.74) is -0.830. The minimum atomic E-state index is -0.830. The van der Waals surface area contributed by atoms with E-state index in [1.54, 1.807) is 6.92 Å². The van der Waals surface area contributed by atoms with Crippen molar-refractivity contribution >= 4 is 11.7 Å². The van der Waals surface area contributed by atoms with Crippen molar-refractivity contribution in [2.75, 3.05) is 40.3 Å². The first-order valence-electron chi connectivity index (χ1n) is 6.05. The van der Waals surface area contributed by atoms with Gasteiger partial charge >= 0.3 is 0 Å². The van der Waals surface area contributed by atoms with Crippen molar-refractivity contribution in [2.45, 2.75) is 18.6 Å². The van der Waals surface area contributed by atoms with Gasteiger partial charge in [-0.05, 0) is 21.0 Å². The molecule has 0 aliphatic rings. The average molecular weight is 290 g/mol. The van der Waals surface area contributed by atoms with Crippen molar-refractivity contribution < 1.29 is 14.9 Å². The number of aliphatic hydroxyl groups is 2. The van der Waals surface area contributed by atoms with Crippen LogP contribution in [0.5, 0.6) is 5.88 Å². The molecule has 0 amide bonds. The molecule has 1 rings (SSSR count). The average Bonchev–Trinajstić information content (AvgIpc) is 2.76. The summed E-state index contributed by atoms with van der Waals surface area (Å²) in [5.74, 6) is 0.420. The quantitative estimate of drug-likeness (QED) is 0.547. The molecule has 1 aromatic heterocycles. The molecule has 2 unspecified atom stereocenters. The van der Waals surface area contributed by atoms with E-state index < -0.39 is 11.7 Å². The Morgan fingerprint density at radius 3 is 2.89 bits per heavy atom. The zero-order valence-electron chi connectivity index (χ0n) is 11.5. The number of nitrogens with one attached hydrogen (secondary N) is 1. The Hall–Kier alpha value is -0.800. The van der Waals surface area contributed by atoms with Gasteiger partial charge in [-0.1, -0.05) is 0 Å². The second-order valence-corrected chi connectivity index (χ2v) is 5.63. The fourth-order valence-corrected chi connectivity index (χ4v) is 2.07. The number of aliphatic hydroxyl groups excluding tert-OH is 1. The van der Waals surface area contributed by atoms with Gasteiger partial charge in [0.1, 0.15) is 18.9 Å². The molecule has 0 fully saturated rings. The minimum absolute atomic E-state index is 0.147. The summed E-state index contributed by atoms with van der Waals surface area (Å²) < 4.78 is 12.9. The normalized spacial score (nSPS) is 16.3. The first-order chi connectivity index (χ1) is 8.89. The number of aromatic nitrogens is 2. The summed E-state index contributed by atoms with van der Waals surface area (Å²) >= 11 is 1.06. The van der Waals surface area contributed by atoms with Crippen LogP contribution in [-0.4, -0.2) is 75.9 Å². The predicted molar refractivity (Wildman–Crippen MR) is 73.5 cm³/mol. The standard InChI is InChI=1S/C11H22N4O3S/c1-11(17,8-15(2)3)7-12-4-9(16)6-18-10-5-13-19-14-10/h5,9,12,16-17H,4,6-8H2,1-3H3. The highest BCUT2D eigenvalue weighted by Gasteiger charge is 2.21. The van der Waals surface area contributed by atoms with Crippen molar-refractivity contribution in [1.29, 1.82) is 0 Å². The third kappa shape index (κ3) is 7.38. The van der Waals surface area contributed by atoms with Gasteiger partial charge in [-0.2, -0.15) is 4.37 Å². The molecule has 0 spiro atoms. The third-order valence-corrected chi connectivity index (χ3v) is 2.77. The van der Waals surface area contributed by atoms with Crippen LogP contribution in [0.2, 0.25) is 0 Å². The third-order valence-electron chi connectivity index (χ3n) is 2.31. The van der Waals surface area contributed by atoms with Gasteiger partial charge in [0, 0.05) is 19.6 Å². The zero-order valence-corrected chi connectivity index (χ0v) is 12.4. The molecule has 0 aliphatic heterocycles. The summed E-state index contributed by atoms with van der Waals surface area (Å²) in [5, 5.41) is 22.8. The van der Waals surface area contributed by atoms with Gasteiger partial charge in [0.25, 0.3) is 0 Å². The van der Waals surface area contributed by atoms with Crippen molar-refractivity contribution in [3.05, 3.63) is 6.20 Å². The van der Waals surface area contributed by atoms with Crippen molar-refractivity contribution in [3.63, 3.8) is 0 Å². The molecule has 0 aliphatic carbocycles. The Balaban J connectivity index is 2.14. The van der Waals surface area contributed by atoms with Crippen LogP contribution >= 0.6 is 11.7 Å². The minimum Gasteiger partial charge on any atom is -0.473 e. The highest BCUT2D eigenvalue weighted by molar-refractivity contribution is 6.99. The number of likely N-dealkylation sites (N-methyl/N-ethyl adjacent to an activating group) is 1. The van der Waals surface area contributed by atoms with Crippen LogP contribution in [0.4, 0.5) is 0 Å². The summed E-state index contributed by atoms with van der Waals surface area (Å²) in [7, 11) is 3.80. The first-order valence-corrected chi connectivity index (χ1v) is 6.78. The molecule has 0 aromatic carbocycles. The van der Waals surface area contributed by atoms with Crippen LogP contribution in [0.15, 0.2) is 6.20 Å². The Bertz CT molecular complexity index is 346. The molecule has 2 atom stereocenters. The van der Waals surface area contributed by atoms with Gasteiger partial charge in [-0.25, -0.2) is 0 Å². The maximum absolute atomic E-state index is 10.0. The molecule has 0 saturated heterocycles. The number of nitrogens with zero attached hydrogens (tertiary/aromatic N) is 3. The monoisotopic (exact) mass is 290 g/mol. The molecule has 0 radical (unpaired) electrons. The highest BCUT2D eigenvalue weighted by Crippen LogP contribution is 2.05. The Morgan fingerprint density at radius 1 is 1.58 bits per heavy atom. The Morgan fingerprint density at radius 2 is 2.32 bits per heavy atom. The summed E-state index contributed by atoms with van der Waals surface area (Å²) in [6, 6.07) is 0. The van der Waals surface area contributed by atoms with Crippen LogP contribution < -0.4 is 10.1 Å². The SMILES string of the molecule is CN(C)CC(C)(O)CNCC(O)COc1cnsn1. The van der Waals surface area contributed by atoms with E-state index in [0.29, 0.717) is 25.5 Å². The molecule has 1 heterocycles. The fourth-order valence-electron chi connectivity index (χ4n) is 1.71. The lowest BCUT2D eigenvalue weighted by atomic mass is 10.1. The molecule has 1 aromatic rings. The Kier molecular flexibility index (Phi) is 6.59. The van der Waals surface area contributed by atoms with E-state index in [-0.39, 0.29) is 6.61 Å². The molecule has 19 heavy (non-hydrogen) atoms. The van der Waals surface area contributed by atoms with E-state index in [0.717, 1.165) is 11.7 Å². The molecule has 3 N–H and O–H groups in total. The van der Waals surface area contributed by atoms with Crippen molar-refractivity contribution in [3.8, 4) is 5.88 Å². The van der Waals surface area contributed by atoms with Crippen LogP contribution in [0.25, 0.3) is 0 Å². The van der Waals surface area contributed by atoms with Gasteiger partial charge in [0.05, 0.1) is 17.3 Å². The van der Waals surface area contributed by atoms with Crippen LogP contribution in [0.3, 0.4) is 0 Å². The van der Waals surface area contributed by atoms with Crippen molar-refractivity contribution in [2.24, 2.45) is 0 Å². The first kappa shape index (κ1) is 16.3. The lowest BCUT2D eigenvalue weighted by molar-refractivity contribution is 0.0285. The predicted octanol–water partition coefficient (Wildman–Crippen LogP) is -0.820. The molecule has 8 heteroatoms.